The quantitative estimate of drug-likeness (QED) is 0.768. The Morgan fingerprint density at radius 3 is 2.53 bits per heavy atom. The molecule has 2 heterocycles. The summed E-state index contributed by atoms with van der Waals surface area (Å²) in [7, 11) is 5.57. The fraction of sp³-hybridized carbons (Fsp3) is 0.400. The minimum absolute atomic E-state index is 0.0845. The molecule has 1 unspecified atom stereocenters. The molecule has 30 heavy (non-hydrogen) atoms. The number of fused-ring (bicyclic) bond motifs is 2. The van der Waals surface area contributed by atoms with Crippen molar-refractivity contribution in [1.82, 2.24) is 4.90 Å². The molecule has 1 amide bonds. The van der Waals surface area contributed by atoms with Crippen molar-refractivity contribution < 1.29 is 19.2 Å². The van der Waals surface area contributed by atoms with Crippen LogP contribution in [-0.4, -0.2) is 50.7 Å². The second kappa shape index (κ2) is 8.92. The molecule has 5 heteroatoms. The summed E-state index contributed by atoms with van der Waals surface area (Å²) in [6.45, 7) is 0.646. The molecule has 0 aromatic heterocycles. The molecule has 158 valence electrons. The topological polar surface area (TPSA) is 43.2 Å². The second-order valence-electron chi connectivity index (χ2n) is 8.25. The number of hydrogen-bond acceptors (Lipinski definition) is 3. The van der Waals surface area contributed by atoms with Gasteiger partial charge in [-0.3, -0.25) is 4.79 Å². The van der Waals surface area contributed by atoms with Crippen LogP contribution in [0.15, 0.2) is 60.3 Å². The molecule has 2 bridgehead atoms. The normalized spacial score (nSPS) is 22.4. The summed E-state index contributed by atoms with van der Waals surface area (Å²) in [6, 6.07) is 16.7. The number of hydrogen-bond donors (Lipinski definition) is 1. The zero-order valence-electron chi connectivity index (χ0n) is 18.1. The summed E-state index contributed by atoms with van der Waals surface area (Å²) in [5.41, 5.74) is 3.05. The van der Waals surface area contributed by atoms with Crippen molar-refractivity contribution in [2.24, 2.45) is 0 Å². The zero-order valence-corrected chi connectivity index (χ0v) is 18.1. The molecular formula is C25H31N2O3+. The number of nitrogens with zero attached hydrogens (tertiary/aromatic N) is 1. The Bertz CT molecular complexity index is 925. The molecule has 2 aromatic carbocycles. The molecule has 5 nitrogen and oxygen atoms in total. The van der Waals surface area contributed by atoms with Crippen LogP contribution in [0.25, 0.3) is 0 Å². The van der Waals surface area contributed by atoms with Crippen molar-refractivity contribution in [3.05, 3.63) is 71.4 Å². The van der Waals surface area contributed by atoms with Crippen LogP contribution < -0.4 is 14.4 Å². The molecule has 0 radical (unpaired) electrons. The van der Waals surface area contributed by atoms with Crippen LogP contribution in [-0.2, 0) is 6.42 Å². The van der Waals surface area contributed by atoms with Crippen LogP contribution in [0.4, 0.5) is 0 Å². The largest absolute Gasteiger partial charge is 0.493 e. The smallest absolute Gasteiger partial charge is 0.258 e. The first-order valence-electron chi connectivity index (χ1n) is 10.7. The number of quaternary nitrogens is 1. The van der Waals surface area contributed by atoms with E-state index in [0.717, 1.165) is 35.5 Å². The van der Waals surface area contributed by atoms with Gasteiger partial charge in [0.05, 0.1) is 27.3 Å². The van der Waals surface area contributed by atoms with Gasteiger partial charge >= 0.3 is 0 Å². The van der Waals surface area contributed by atoms with E-state index in [-0.39, 0.29) is 5.91 Å². The van der Waals surface area contributed by atoms with Gasteiger partial charge in [0.15, 0.2) is 11.5 Å². The molecular weight excluding hydrogens is 376 g/mol. The molecule has 0 spiro atoms. The number of benzene rings is 2. The Labute approximate surface area is 178 Å². The molecule has 3 atom stereocenters. The van der Waals surface area contributed by atoms with E-state index in [2.05, 4.69) is 13.1 Å². The standard InChI is InChI=1S/C25H30N2O3/c1-26-20-10-11-21(26)17-22(16-20)27(25(28)19-7-5-4-6-8-19)14-13-18-9-12-23(29-2)24(15-18)30-3/h4-9,12,15-16,20-21H,10-11,13-14,17H2,1-3H3/p+1/t20-,21+/m0/s1. The highest BCUT2D eigenvalue weighted by Crippen LogP contribution is 2.29. The lowest BCUT2D eigenvalue weighted by Gasteiger charge is -2.33. The number of nitrogens with one attached hydrogen (secondary N) is 1. The van der Waals surface area contributed by atoms with Crippen LogP contribution in [0.5, 0.6) is 11.5 Å². The first kappa shape index (κ1) is 20.5. The summed E-state index contributed by atoms with van der Waals surface area (Å²) >= 11 is 0. The van der Waals surface area contributed by atoms with Gasteiger partial charge < -0.3 is 19.3 Å². The van der Waals surface area contributed by atoms with Crippen molar-refractivity contribution in [2.45, 2.75) is 37.8 Å². The van der Waals surface area contributed by atoms with Crippen LogP contribution >= 0.6 is 0 Å². The van der Waals surface area contributed by atoms with Gasteiger partial charge in [0.25, 0.3) is 5.91 Å². The first-order valence-corrected chi connectivity index (χ1v) is 10.7. The lowest BCUT2D eigenvalue weighted by Crippen LogP contribution is -3.14. The maximum absolute atomic E-state index is 13.4. The molecule has 2 aromatic rings. The average molecular weight is 408 g/mol. The Balaban J connectivity index is 1.58. The highest BCUT2D eigenvalue weighted by Gasteiger charge is 2.40. The minimum atomic E-state index is 0.0845. The third-order valence-corrected chi connectivity index (χ3v) is 6.59. The molecule has 4 rings (SSSR count). The lowest BCUT2D eigenvalue weighted by molar-refractivity contribution is -0.912. The molecule has 1 fully saturated rings. The summed E-state index contributed by atoms with van der Waals surface area (Å²) in [6.07, 6.45) is 6.51. The van der Waals surface area contributed by atoms with E-state index in [0.29, 0.717) is 18.6 Å². The van der Waals surface area contributed by atoms with Gasteiger partial charge in [-0.2, -0.15) is 0 Å². The highest BCUT2D eigenvalue weighted by molar-refractivity contribution is 5.95. The number of carbonyl (C=O) groups is 1. The third-order valence-electron chi connectivity index (χ3n) is 6.59. The molecule has 0 saturated carbocycles. The third kappa shape index (κ3) is 4.08. The number of likely N-dealkylation sites (N-methyl/N-ethyl adjacent to an activating group) is 1. The van der Waals surface area contributed by atoms with Gasteiger partial charge in [0.1, 0.15) is 6.04 Å². The SMILES string of the molecule is COc1ccc(CCN(C(=O)c2ccccc2)C2=C[C@@H]3CC[C@H](C2)[NH+]3C)cc1OC. The monoisotopic (exact) mass is 407 g/mol. The summed E-state index contributed by atoms with van der Waals surface area (Å²) in [5.74, 6) is 1.52. The van der Waals surface area contributed by atoms with Crippen LogP contribution in [0, 0.1) is 0 Å². The van der Waals surface area contributed by atoms with E-state index >= 15 is 0 Å². The average Bonchev–Trinajstić information content (AvgIpc) is 2.99. The van der Waals surface area contributed by atoms with E-state index in [9.17, 15) is 4.79 Å². The van der Waals surface area contributed by atoms with Gasteiger partial charge in [-0.1, -0.05) is 24.3 Å². The molecule has 2 aliphatic rings. The number of amides is 1. The Morgan fingerprint density at radius 1 is 1.07 bits per heavy atom. The minimum Gasteiger partial charge on any atom is -0.493 e. The number of ether oxygens (including phenoxy) is 2. The molecule has 2 aliphatic heterocycles. The Hall–Kier alpha value is -2.79. The fourth-order valence-electron chi connectivity index (χ4n) is 4.76. The van der Waals surface area contributed by atoms with Crippen LogP contribution in [0.1, 0.15) is 35.2 Å². The summed E-state index contributed by atoms with van der Waals surface area (Å²) in [4.78, 5) is 17.0. The second-order valence-corrected chi connectivity index (χ2v) is 8.25. The maximum atomic E-state index is 13.4. The fourth-order valence-corrected chi connectivity index (χ4v) is 4.76. The number of rotatable bonds is 7. The van der Waals surface area contributed by atoms with E-state index in [4.69, 9.17) is 9.47 Å². The lowest BCUT2D eigenvalue weighted by atomic mass is 10.0. The maximum Gasteiger partial charge on any atom is 0.258 e. The van der Waals surface area contributed by atoms with Gasteiger partial charge in [0.2, 0.25) is 0 Å². The first-order chi connectivity index (χ1) is 14.6. The van der Waals surface area contributed by atoms with Crippen LogP contribution in [0.3, 0.4) is 0 Å². The van der Waals surface area contributed by atoms with E-state index in [1.165, 1.54) is 18.5 Å². The predicted octanol–water partition coefficient (Wildman–Crippen LogP) is 2.72. The zero-order chi connectivity index (χ0) is 21.1. The van der Waals surface area contributed by atoms with Gasteiger partial charge in [-0.25, -0.2) is 0 Å². The molecule has 1 saturated heterocycles. The van der Waals surface area contributed by atoms with Gasteiger partial charge in [-0.05, 0) is 42.3 Å². The van der Waals surface area contributed by atoms with Crippen LogP contribution in [0.2, 0.25) is 0 Å². The summed E-state index contributed by atoms with van der Waals surface area (Å²) in [5, 5.41) is 0. The predicted molar refractivity (Wildman–Crippen MR) is 117 cm³/mol. The van der Waals surface area contributed by atoms with Crippen molar-refractivity contribution in [1.29, 1.82) is 0 Å². The number of methoxy groups -OCH3 is 2. The Kier molecular flexibility index (Phi) is 6.09. The Morgan fingerprint density at radius 2 is 1.83 bits per heavy atom. The summed E-state index contributed by atoms with van der Waals surface area (Å²) < 4.78 is 10.8. The van der Waals surface area contributed by atoms with E-state index < -0.39 is 0 Å². The van der Waals surface area contributed by atoms with E-state index in [1.807, 2.05) is 53.4 Å². The van der Waals surface area contributed by atoms with Crippen molar-refractivity contribution in [3.63, 3.8) is 0 Å². The molecule has 1 N–H and O–H groups in total. The van der Waals surface area contributed by atoms with Crippen molar-refractivity contribution in [3.8, 4) is 11.5 Å². The highest BCUT2D eigenvalue weighted by atomic mass is 16.5. The molecule has 0 aliphatic carbocycles. The van der Waals surface area contributed by atoms with E-state index in [1.54, 1.807) is 19.1 Å². The number of carbonyl (C=O) groups excluding carboxylic acids is 1. The van der Waals surface area contributed by atoms with Crippen molar-refractivity contribution in [2.75, 3.05) is 27.8 Å². The van der Waals surface area contributed by atoms with Gasteiger partial charge in [0, 0.05) is 37.1 Å². The van der Waals surface area contributed by atoms with Crippen molar-refractivity contribution >= 4 is 5.91 Å². The van der Waals surface area contributed by atoms with Gasteiger partial charge in [-0.15, -0.1) is 0 Å².